The Labute approximate surface area is 391 Å². The Balaban J connectivity index is 0.886. The molecule has 4 heterocycles. The van der Waals surface area contributed by atoms with Crippen molar-refractivity contribution in [2.75, 3.05) is 10.6 Å². The summed E-state index contributed by atoms with van der Waals surface area (Å²) in [6, 6.07) is 33.0. The number of hydrogen-bond donors (Lipinski definition) is 2. The van der Waals surface area contributed by atoms with Crippen LogP contribution < -0.4 is 21.6 Å². The first-order valence-electron chi connectivity index (χ1n) is 22.1. The molecule has 2 aliphatic heterocycles. The monoisotopic (exact) mass is 910 g/mol. The Bertz CT molecular complexity index is 2690. The van der Waals surface area contributed by atoms with Gasteiger partial charge in [-0.25, -0.2) is 9.59 Å². The van der Waals surface area contributed by atoms with Crippen molar-refractivity contribution in [2.45, 2.75) is 117 Å². The van der Waals surface area contributed by atoms with E-state index in [1.807, 2.05) is 165 Å². The van der Waals surface area contributed by atoms with Crippen molar-refractivity contribution in [3.05, 3.63) is 131 Å². The summed E-state index contributed by atoms with van der Waals surface area (Å²) >= 11 is 1.32. The van der Waals surface area contributed by atoms with Gasteiger partial charge in [0.05, 0.1) is 44.4 Å². The normalized spacial score (nSPS) is 19.3. The van der Waals surface area contributed by atoms with Gasteiger partial charge in [0.25, 0.3) is 0 Å². The van der Waals surface area contributed by atoms with Gasteiger partial charge in [0, 0.05) is 6.42 Å². The average molecular weight is 911 g/mol. The fourth-order valence-corrected chi connectivity index (χ4v) is 8.76. The molecule has 14 nitrogen and oxygen atoms in total. The molecule has 2 aliphatic rings. The molecule has 2 fully saturated rings. The molecule has 2 saturated heterocycles. The standard InChI is InChI=1S/C49H56B2N6O8S/c1-30-41(42(66-55-30)36-20-22-38(23-21-36)50-62-46(5,6)47(7,8)63-50)52-44(58)61-33(4)37-19-15-16-34(28-37)29-49(11)48(9,10)64-51(65-49)39-24-26-40(27-25-39)57-43(31(2)54-56-57)53-45(59)60-32(3)35-17-13-12-14-18-35/h12-28,32-33H,29H2,1-11H3,(H,52,58)(H,53,59). The Morgan fingerprint density at radius 1 is 0.682 bits per heavy atom. The lowest BCUT2D eigenvalue weighted by molar-refractivity contribution is -0.00880. The second-order valence-electron chi connectivity index (χ2n) is 18.7. The molecular formula is C49H56B2N6O8S. The molecule has 4 aromatic carbocycles. The molecule has 342 valence electrons. The van der Waals surface area contributed by atoms with Crippen LogP contribution in [0.4, 0.5) is 21.1 Å². The number of anilines is 2. The zero-order valence-electron chi connectivity index (χ0n) is 39.3. The van der Waals surface area contributed by atoms with Crippen molar-refractivity contribution in [1.82, 2.24) is 19.4 Å². The Hall–Kier alpha value is -5.84. The maximum atomic E-state index is 13.4. The van der Waals surface area contributed by atoms with Gasteiger partial charge in [-0.1, -0.05) is 96.2 Å². The summed E-state index contributed by atoms with van der Waals surface area (Å²) < 4.78 is 43.5. The molecule has 0 saturated carbocycles. The second kappa shape index (κ2) is 18.1. The molecule has 6 aromatic rings. The molecule has 8 rings (SSSR count). The van der Waals surface area contributed by atoms with Gasteiger partial charge in [0.1, 0.15) is 17.9 Å². The lowest BCUT2D eigenvalue weighted by atomic mass is 9.79. The number of ether oxygens (including phenoxy) is 2. The summed E-state index contributed by atoms with van der Waals surface area (Å²) in [7, 11) is -1.12. The number of benzene rings is 4. The van der Waals surface area contributed by atoms with E-state index in [2.05, 4.69) is 32.2 Å². The summed E-state index contributed by atoms with van der Waals surface area (Å²) in [5, 5.41) is 14.3. The number of carbonyl (C=O) groups excluding carboxylic acids is 2. The highest BCUT2D eigenvalue weighted by Crippen LogP contribution is 2.41. The highest BCUT2D eigenvalue weighted by atomic mass is 32.1. The van der Waals surface area contributed by atoms with E-state index >= 15 is 0 Å². The number of nitrogens with one attached hydrogen (secondary N) is 2. The van der Waals surface area contributed by atoms with Gasteiger partial charge in [-0.3, -0.25) is 10.6 Å². The van der Waals surface area contributed by atoms with Gasteiger partial charge in [-0.2, -0.15) is 9.06 Å². The molecule has 17 heteroatoms. The topological polar surface area (TPSA) is 157 Å². The molecule has 2 amide bonds. The van der Waals surface area contributed by atoms with Gasteiger partial charge in [0.15, 0.2) is 5.82 Å². The smallest absolute Gasteiger partial charge is 0.441 e. The second-order valence-corrected chi connectivity index (χ2v) is 19.5. The number of aromatic nitrogens is 4. The van der Waals surface area contributed by atoms with Crippen LogP contribution in [0.2, 0.25) is 0 Å². The van der Waals surface area contributed by atoms with E-state index in [1.54, 1.807) is 11.6 Å². The van der Waals surface area contributed by atoms with Crippen molar-refractivity contribution in [2.24, 2.45) is 0 Å². The van der Waals surface area contributed by atoms with Crippen LogP contribution in [0.25, 0.3) is 16.1 Å². The van der Waals surface area contributed by atoms with Crippen molar-refractivity contribution in [1.29, 1.82) is 0 Å². The molecule has 2 aromatic heterocycles. The third-order valence-corrected chi connectivity index (χ3v) is 14.1. The number of hydrogen-bond acceptors (Lipinski definition) is 12. The zero-order chi connectivity index (χ0) is 47.2. The summed E-state index contributed by atoms with van der Waals surface area (Å²) in [4.78, 5) is 27.2. The average Bonchev–Trinajstić information content (AvgIpc) is 3.96. The van der Waals surface area contributed by atoms with E-state index in [4.69, 9.17) is 28.1 Å². The van der Waals surface area contributed by atoms with Gasteiger partial charge in [-0.05, 0) is 133 Å². The first-order chi connectivity index (χ1) is 31.2. The lowest BCUT2D eigenvalue weighted by Crippen LogP contribution is -2.46. The molecule has 0 bridgehead atoms. The SMILES string of the molecule is Cc1nsc(-c2ccc(B3OC(C)(C)C(C)(C)O3)cc2)c1NC(=O)OC(C)c1cccc(CC2(C)OB(c3ccc(-n4nnc(C)c4NC(=O)OC(C)c4ccccc4)cc3)OC2(C)C)c1. The number of amides is 2. The van der Waals surface area contributed by atoms with E-state index in [0.29, 0.717) is 35.0 Å². The minimum Gasteiger partial charge on any atom is -0.441 e. The molecule has 2 N–H and O–H groups in total. The van der Waals surface area contributed by atoms with Crippen LogP contribution in [0.3, 0.4) is 0 Å². The number of aryl methyl sites for hydroxylation is 2. The lowest BCUT2D eigenvalue weighted by Gasteiger charge is -2.36. The predicted molar refractivity (Wildman–Crippen MR) is 258 cm³/mol. The highest BCUT2D eigenvalue weighted by Gasteiger charge is 2.55. The third kappa shape index (κ3) is 9.54. The molecule has 3 atom stereocenters. The molecule has 0 aliphatic carbocycles. The maximum absolute atomic E-state index is 13.4. The highest BCUT2D eigenvalue weighted by molar-refractivity contribution is 7.10. The van der Waals surface area contributed by atoms with Gasteiger partial charge >= 0.3 is 26.4 Å². The number of rotatable bonds is 12. The van der Waals surface area contributed by atoms with E-state index in [0.717, 1.165) is 38.1 Å². The summed E-state index contributed by atoms with van der Waals surface area (Å²) in [6.07, 6.45) is -1.67. The van der Waals surface area contributed by atoms with E-state index in [9.17, 15) is 9.59 Å². The quantitative estimate of drug-likeness (QED) is 0.113. The largest absolute Gasteiger partial charge is 0.494 e. The van der Waals surface area contributed by atoms with Crippen molar-refractivity contribution < 1.29 is 37.7 Å². The minimum atomic E-state index is -0.726. The number of carbonyl (C=O) groups is 2. The molecule has 66 heavy (non-hydrogen) atoms. The van der Waals surface area contributed by atoms with Crippen LogP contribution in [-0.2, 0) is 34.5 Å². The Kier molecular flexibility index (Phi) is 12.8. The van der Waals surface area contributed by atoms with Crippen LogP contribution in [0.1, 0.15) is 103 Å². The van der Waals surface area contributed by atoms with Crippen molar-refractivity contribution >= 4 is 60.4 Å². The minimum absolute atomic E-state index is 0.402. The van der Waals surface area contributed by atoms with Crippen LogP contribution in [-0.4, -0.2) is 68.2 Å². The molecule has 0 spiro atoms. The molecule has 0 radical (unpaired) electrons. The Morgan fingerprint density at radius 3 is 1.89 bits per heavy atom. The predicted octanol–water partition coefficient (Wildman–Crippen LogP) is 9.45. The zero-order valence-corrected chi connectivity index (χ0v) is 40.1. The van der Waals surface area contributed by atoms with Crippen LogP contribution >= 0.6 is 11.5 Å². The van der Waals surface area contributed by atoms with Gasteiger partial charge in [-0.15, -0.1) is 5.10 Å². The van der Waals surface area contributed by atoms with E-state index in [1.165, 1.54) is 11.5 Å². The van der Waals surface area contributed by atoms with Crippen LogP contribution in [0.15, 0.2) is 103 Å². The van der Waals surface area contributed by atoms with Crippen molar-refractivity contribution in [3.63, 3.8) is 0 Å². The maximum Gasteiger partial charge on any atom is 0.494 e. The molecule has 3 unspecified atom stereocenters. The summed E-state index contributed by atoms with van der Waals surface area (Å²) in [5.74, 6) is 0.402. The Morgan fingerprint density at radius 2 is 1.24 bits per heavy atom. The van der Waals surface area contributed by atoms with Gasteiger partial charge in [0.2, 0.25) is 0 Å². The summed E-state index contributed by atoms with van der Waals surface area (Å²) in [6.45, 7) is 21.5. The fraction of sp³-hybridized carbons (Fsp3) is 0.367. The first kappa shape index (κ1) is 46.7. The first-order valence-corrected chi connectivity index (χ1v) is 22.9. The summed E-state index contributed by atoms with van der Waals surface area (Å²) in [5.41, 5.74) is 5.60. The van der Waals surface area contributed by atoms with Crippen LogP contribution in [0, 0.1) is 13.8 Å². The van der Waals surface area contributed by atoms with E-state index < -0.39 is 61.0 Å². The van der Waals surface area contributed by atoms with E-state index in [-0.39, 0.29) is 0 Å². The van der Waals surface area contributed by atoms with Gasteiger partial charge < -0.3 is 28.1 Å². The van der Waals surface area contributed by atoms with Crippen LogP contribution in [0.5, 0.6) is 0 Å². The molecular weight excluding hydrogens is 854 g/mol. The fourth-order valence-electron chi connectivity index (χ4n) is 7.91. The third-order valence-electron chi connectivity index (χ3n) is 13.1. The number of nitrogens with zero attached hydrogens (tertiary/aromatic N) is 4. The van der Waals surface area contributed by atoms with Crippen molar-refractivity contribution in [3.8, 4) is 16.1 Å².